The molecular formula is C17H19ClFN. The van der Waals surface area contributed by atoms with E-state index in [1.165, 1.54) is 17.7 Å². The Morgan fingerprint density at radius 2 is 1.80 bits per heavy atom. The summed E-state index contributed by atoms with van der Waals surface area (Å²) in [5, 5.41) is 4.29. The molecular weight excluding hydrogens is 273 g/mol. The lowest BCUT2D eigenvalue weighted by Crippen LogP contribution is -2.30. The number of nitrogens with one attached hydrogen (secondary N) is 1. The third kappa shape index (κ3) is 4.32. The van der Waals surface area contributed by atoms with E-state index in [4.69, 9.17) is 11.6 Å². The van der Waals surface area contributed by atoms with Gasteiger partial charge in [-0.2, -0.15) is 0 Å². The Morgan fingerprint density at radius 3 is 2.45 bits per heavy atom. The molecule has 0 aliphatic heterocycles. The van der Waals surface area contributed by atoms with Crippen molar-refractivity contribution >= 4 is 11.6 Å². The molecule has 0 aliphatic carbocycles. The number of hydrogen-bond donors (Lipinski definition) is 1. The van der Waals surface area contributed by atoms with Gasteiger partial charge in [-0.25, -0.2) is 4.39 Å². The van der Waals surface area contributed by atoms with Crippen molar-refractivity contribution in [2.45, 2.75) is 32.4 Å². The minimum absolute atomic E-state index is 0.193. The fourth-order valence-corrected chi connectivity index (χ4v) is 2.53. The highest BCUT2D eigenvalue weighted by Crippen LogP contribution is 2.18. The topological polar surface area (TPSA) is 12.0 Å². The van der Waals surface area contributed by atoms with E-state index in [9.17, 15) is 4.39 Å². The largest absolute Gasteiger partial charge is 0.307 e. The molecule has 1 N–H and O–H groups in total. The van der Waals surface area contributed by atoms with E-state index in [0.29, 0.717) is 6.04 Å². The van der Waals surface area contributed by atoms with Gasteiger partial charge in [-0.05, 0) is 55.7 Å². The standard InChI is InChI=1S/C17H19ClFN/c1-12(10-14-6-8-17(19)9-7-14)20-13(2)15-4-3-5-16(18)11-15/h3-9,11-13,20H,10H2,1-2H3. The average molecular weight is 292 g/mol. The molecule has 20 heavy (non-hydrogen) atoms. The van der Waals surface area contributed by atoms with Gasteiger partial charge >= 0.3 is 0 Å². The summed E-state index contributed by atoms with van der Waals surface area (Å²) < 4.78 is 12.9. The summed E-state index contributed by atoms with van der Waals surface area (Å²) in [5.74, 6) is -0.193. The summed E-state index contributed by atoms with van der Waals surface area (Å²) in [6.45, 7) is 4.25. The molecule has 0 heterocycles. The van der Waals surface area contributed by atoms with Crippen molar-refractivity contribution in [2.75, 3.05) is 0 Å². The molecule has 0 saturated heterocycles. The van der Waals surface area contributed by atoms with Gasteiger partial charge in [0.05, 0.1) is 0 Å². The van der Waals surface area contributed by atoms with Crippen LogP contribution in [0, 0.1) is 5.82 Å². The van der Waals surface area contributed by atoms with Crippen LogP contribution in [0.3, 0.4) is 0 Å². The van der Waals surface area contributed by atoms with Crippen LogP contribution in [0.25, 0.3) is 0 Å². The molecule has 2 aromatic carbocycles. The van der Waals surface area contributed by atoms with Crippen LogP contribution in [0.15, 0.2) is 48.5 Å². The molecule has 0 aromatic heterocycles. The first-order valence-corrected chi connectivity index (χ1v) is 7.18. The molecule has 0 radical (unpaired) electrons. The van der Waals surface area contributed by atoms with Crippen molar-refractivity contribution in [1.29, 1.82) is 0 Å². The Balaban J connectivity index is 1.93. The van der Waals surface area contributed by atoms with E-state index in [1.807, 2.05) is 30.3 Å². The van der Waals surface area contributed by atoms with Crippen molar-refractivity contribution in [3.63, 3.8) is 0 Å². The quantitative estimate of drug-likeness (QED) is 0.837. The van der Waals surface area contributed by atoms with Crippen LogP contribution in [0.1, 0.15) is 31.0 Å². The highest BCUT2D eigenvalue weighted by molar-refractivity contribution is 6.30. The van der Waals surface area contributed by atoms with Gasteiger partial charge in [-0.3, -0.25) is 0 Å². The molecule has 0 amide bonds. The third-order valence-electron chi connectivity index (χ3n) is 3.34. The summed E-state index contributed by atoms with van der Waals surface area (Å²) in [5.41, 5.74) is 2.30. The van der Waals surface area contributed by atoms with E-state index in [2.05, 4.69) is 25.2 Å². The van der Waals surface area contributed by atoms with E-state index in [-0.39, 0.29) is 11.9 Å². The summed E-state index contributed by atoms with van der Waals surface area (Å²) in [6.07, 6.45) is 0.866. The van der Waals surface area contributed by atoms with Gasteiger partial charge in [0.25, 0.3) is 0 Å². The van der Waals surface area contributed by atoms with E-state index >= 15 is 0 Å². The molecule has 2 atom stereocenters. The maximum Gasteiger partial charge on any atom is 0.123 e. The zero-order valence-corrected chi connectivity index (χ0v) is 12.5. The summed E-state index contributed by atoms with van der Waals surface area (Å²) in [6, 6.07) is 15.1. The van der Waals surface area contributed by atoms with Gasteiger partial charge in [0.1, 0.15) is 5.82 Å². The van der Waals surface area contributed by atoms with Crippen molar-refractivity contribution in [2.24, 2.45) is 0 Å². The van der Waals surface area contributed by atoms with Crippen LogP contribution < -0.4 is 5.32 Å². The summed E-state index contributed by atoms with van der Waals surface area (Å²) in [7, 11) is 0. The Labute approximate surface area is 124 Å². The van der Waals surface area contributed by atoms with Crippen LogP contribution in [-0.4, -0.2) is 6.04 Å². The second kappa shape index (κ2) is 6.87. The molecule has 106 valence electrons. The number of halogens is 2. The Bertz CT molecular complexity index is 553. The summed E-state index contributed by atoms with van der Waals surface area (Å²) >= 11 is 6.01. The van der Waals surface area contributed by atoms with E-state index in [0.717, 1.165) is 17.0 Å². The van der Waals surface area contributed by atoms with Crippen LogP contribution >= 0.6 is 11.6 Å². The number of rotatable bonds is 5. The monoisotopic (exact) mass is 291 g/mol. The van der Waals surface area contributed by atoms with Crippen LogP contribution in [-0.2, 0) is 6.42 Å². The molecule has 0 spiro atoms. The lowest BCUT2D eigenvalue weighted by molar-refractivity contribution is 0.477. The Morgan fingerprint density at radius 1 is 1.10 bits per heavy atom. The van der Waals surface area contributed by atoms with Gasteiger partial charge in [0.2, 0.25) is 0 Å². The lowest BCUT2D eigenvalue weighted by Gasteiger charge is -2.20. The number of hydrogen-bond acceptors (Lipinski definition) is 1. The maximum absolute atomic E-state index is 12.9. The van der Waals surface area contributed by atoms with Gasteiger partial charge in [-0.1, -0.05) is 35.9 Å². The molecule has 1 nitrogen and oxygen atoms in total. The maximum atomic E-state index is 12.9. The normalized spacial score (nSPS) is 14.0. The lowest BCUT2D eigenvalue weighted by atomic mass is 10.0. The van der Waals surface area contributed by atoms with E-state index < -0.39 is 0 Å². The summed E-state index contributed by atoms with van der Waals surface area (Å²) in [4.78, 5) is 0. The van der Waals surface area contributed by atoms with Crippen molar-refractivity contribution < 1.29 is 4.39 Å². The molecule has 2 rings (SSSR count). The van der Waals surface area contributed by atoms with Gasteiger partial charge in [0, 0.05) is 17.1 Å². The first-order valence-electron chi connectivity index (χ1n) is 6.80. The van der Waals surface area contributed by atoms with Gasteiger partial charge in [-0.15, -0.1) is 0 Å². The Hall–Kier alpha value is -1.38. The zero-order valence-electron chi connectivity index (χ0n) is 11.7. The fraction of sp³-hybridized carbons (Fsp3) is 0.294. The van der Waals surface area contributed by atoms with Crippen LogP contribution in [0.2, 0.25) is 5.02 Å². The average Bonchev–Trinajstić information content (AvgIpc) is 2.41. The fourth-order valence-electron chi connectivity index (χ4n) is 2.33. The molecule has 0 bridgehead atoms. The predicted octanol–water partition coefficient (Wildman–Crippen LogP) is 4.76. The van der Waals surface area contributed by atoms with E-state index in [1.54, 1.807) is 0 Å². The number of benzene rings is 2. The zero-order chi connectivity index (χ0) is 14.5. The SMILES string of the molecule is CC(Cc1ccc(F)cc1)NC(C)c1cccc(Cl)c1. The van der Waals surface area contributed by atoms with Crippen LogP contribution in [0.5, 0.6) is 0 Å². The van der Waals surface area contributed by atoms with Crippen molar-refractivity contribution in [3.05, 3.63) is 70.5 Å². The second-order valence-corrected chi connectivity index (χ2v) is 5.61. The highest BCUT2D eigenvalue weighted by Gasteiger charge is 2.10. The van der Waals surface area contributed by atoms with Crippen molar-refractivity contribution in [3.8, 4) is 0 Å². The highest BCUT2D eigenvalue weighted by atomic mass is 35.5. The van der Waals surface area contributed by atoms with Crippen LogP contribution in [0.4, 0.5) is 4.39 Å². The predicted molar refractivity (Wildman–Crippen MR) is 82.6 cm³/mol. The molecule has 2 unspecified atom stereocenters. The first-order chi connectivity index (χ1) is 9.54. The first kappa shape index (κ1) is 15.0. The minimum atomic E-state index is -0.193. The second-order valence-electron chi connectivity index (χ2n) is 5.17. The molecule has 3 heteroatoms. The van der Waals surface area contributed by atoms with Gasteiger partial charge < -0.3 is 5.32 Å². The molecule has 0 fully saturated rings. The van der Waals surface area contributed by atoms with Crippen molar-refractivity contribution in [1.82, 2.24) is 5.32 Å². The Kier molecular flexibility index (Phi) is 5.16. The molecule has 2 aromatic rings. The van der Waals surface area contributed by atoms with Gasteiger partial charge in [0.15, 0.2) is 0 Å². The smallest absolute Gasteiger partial charge is 0.123 e. The third-order valence-corrected chi connectivity index (χ3v) is 3.57. The molecule has 0 saturated carbocycles. The minimum Gasteiger partial charge on any atom is -0.307 e. The molecule has 0 aliphatic rings.